The molecule has 1 fully saturated rings. The lowest BCUT2D eigenvalue weighted by Gasteiger charge is -2.41. The minimum atomic E-state index is -5.03. The van der Waals surface area contributed by atoms with Gasteiger partial charge < -0.3 is 39.9 Å². The van der Waals surface area contributed by atoms with Crippen LogP contribution < -0.4 is 0 Å². The summed E-state index contributed by atoms with van der Waals surface area (Å²) in [4.78, 5) is 23.3. The molecule has 12 nitrogen and oxygen atoms in total. The van der Waals surface area contributed by atoms with E-state index in [-0.39, 0.29) is 13.0 Å². The number of phosphoric ester groups is 1. The van der Waals surface area contributed by atoms with Crippen molar-refractivity contribution >= 4 is 13.8 Å². The summed E-state index contributed by atoms with van der Waals surface area (Å²) >= 11 is 0. The maximum atomic E-state index is 12.9. The maximum absolute atomic E-state index is 12.9. The van der Waals surface area contributed by atoms with Gasteiger partial charge in [-0.15, -0.1) is 0 Å². The van der Waals surface area contributed by atoms with E-state index >= 15 is 0 Å². The average Bonchev–Trinajstić information content (AvgIpc) is 3.34. The minimum Gasteiger partial charge on any atom is -0.457 e. The van der Waals surface area contributed by atoms with E-state index in [0.29, 0.717) is 13.0 Å². The van der Waals surface area contributed by atoms with Crippen LogP contribution in [0.2, 0.25) is 0 Å². The molecule has 69 heavy (non-hydrogen) atoms. The Morgan fingerprint density at radius 3 is 1.30 bits per heavy atom. The number of hydrogen-bond donors (Lipinski definition) is 6. The van der Waals surface area contributed by atoms with Crippen molar-refractivity contribution in [2.75, 3.05) is 19.8 Å². The second kappa shape index (κ2) is 45.9. The van der Waals surface area contributed by atoms with Gasteiger partial charge >= 0.3 is 13.8 Å². The summed E-state index contributed by atoms with van der Waals surface area (Å²) in [6.07, 6.45) is 47.1. The molecule has 1 saturated carbocycles. The lowest BCUT2D eigenvalue weighted by Crippen LogP contribution is -2.64. The Balaban J connectivity index is 2.32. The van der Waals surface area contributed by atoms with Crippen LogP contribution in [-0.4, -0.2) is 98.9 Å². The van der Waals surface area contributed by atoms with Gasteiger partial charge in [0.1, 0.15) is 42.7 Å². The summed E-state index contributed by atoms with van der Waals surface area (Å²) < 4.78 is 34.4. The highest BCUT2D eigenvalue weighted by Gasteiger charge is 2.51. The maximum Gasteiger partial charge on any atom is 0.472 e. The molecule has 1 rings (SSSR count). The van der Waals surface area contributed by atoms with Gasteiger partial charge in [-0.25, -0.2) is 4.57 Å². The van der Waals surface area contributed by atoms with Crippen molar-refractivity contribution in [1.82, 2.24) is 0 Å². The fourth-order valence-corrected chi connectivity index (χ4v) is 9.30. The lowest BCUT2D eigenvalue weighted by molar-refractivity contribution is -0.220. The molecule has 0 aromatic rings. The van der Waals surface area contributed by atoms with Gasteiger partial charge in [0.2, 0.25) is 0 Å². The Labute approximate surface area is 419 Å². The number of hydrogen-bond acceptors (Lipinski definition) is 11. The summed E-state index contributed by atoms with van der Waals surface area (Å²) in [6, 6.07) is 0. The Kier molecular flexibility index (Phi) is 43.2. The fourth-order valence-electron chi connectivity index (χ4n) is 8.33. The van der Waals surface area contributed by atoms with Gasteiger partial charge in [0, 0.05) is 13.0 Å². The highest BCUT2D eigenvalue weighted by Crippen LogP contribution is 2.47. The Morgan fingerprint density at radius 1 is 0.478 bits per heavy atom. The number of esters is 1. The third-order valence-corrected chi connectivity index (χ3v) is 13.6. The van der Waals surface area contributed by atoms with Gasteiger partial charge in [-0.1, -0.05) is 222 Å². The number of aliphatic hydroxyl groups excluding tert-OH is 5. The highest BCUT2D eigenvalue weighted by atomic mass is 31.2. The summed E-state index contributed by atoms with van der Waals surface area (Å²) in [7, 11) is -5.03. The SMILES string of the molecule is CC/C=C\C/C=C\C/C=C\C/C=C\C/C=C\CCCCCCCCOCC(COP(=O)(O)OC1C(O)C(O)C(O)C(O)C1O)OC(=O)CCCCCCCCCCCCCCCCCCCCCC. The summed E-state index contributed by atoms with van der Waals surface area (Å²) in [5.41, 5.74) is 0. The van der Waals surface area contributed by atoms with Crippen LogP contribution in [0, 0.1) is 0 Å². The van der Waals surface area contributed by atoms with Crippen molar-refractivity contribution in [3.8, 4) is 0 Å². The molecule has 6 atom stereocenters. The van der Waals surface area contributed by atoms with Gasteiger partial charge in [0.05, 0.1) is 13.2 Å². The van der Waals surface area contributed by atoms with Crippen LogP contribution in [0.4, 0.5) is 0 Å². The van der Waals surface area contributed by atoms with Crippen LogP contribution in [-0.2, 0) is 27.9 Å². The first-order valence-corrected chi connectivity index (χ1v) is 29.1. The summed E-state index contributed by atoms with van der Waals surface area (Å²) in [5.74, 6) is -0.480. The van der Waals surface area contributed by atoms with Crippen molar-refractivity contribution < 1.29 is 58.3 Å². The minimum absolute atomic E-state index is 0.0868. The molecular formula is C56H101O12P. The van der Waals surface area contributed by atoms with Crippen LogP contribution in [0.3, 0.4) is 0 Å². The number of allylic oxidation sites excluding steroid dienone is 10. The molecule has 0 aliphatic heterocycles. The first-order chi connectivity index (χ1) is 33.5. The molecule has 13 heteroatoms. The van der Waals surface area contributed by atoms with Crippen LogP contribution in [0.25, 0.3) is 0 Å². The zero-order valence-electron chi connectivity index (χ0n) is 43.4. The molecule has 402 valence electrons. The molecule has 0 bridgehead atoms. The zero-order chi connectivity index (χ0) is 50.5. The molecule has 0 aromatic carbocycles. The number of ether oxygens (including phenoxy) is 2. The topological polar surface area (TPSA) is 192 Å². The molecule has 0 radical (unpaired) electrons. The van der Waals surface area contributed by atoms with E-state index in [2.05, 4.69) is 74.6 Å². The van der Waals surface area contributed by atoms with Crippen LogP contribution in [0.5, 0.6) is 0 Å². The fraction of sp³-hybridized carbons (Fsp3) is 0.804. The van der Waals surface area contributed by atoms with Gasteiger partial charge in [0.25, 0.3) is 0 Å². The first-order valence-electron chi connectivity index (χ1n) is 27.6. The quantitative estimate of drug-likeness (QED) is 0.0147. The molecule has 0 spiro atoms. The summed E-state index contributed by atoms with van der Waals surface area (Å²) in [6.45, 7) is 4.15. The molecular weight excluding hydrogens is 896 g/mol. The number of unbranched alkanes of at least 4 members (excludes halogenated alkanes) is 25. The van der Waals surface area contributed by atoms with Crippen LogP contribution in [0.1, 0.15) is 226 Å². The predicted octanol–water partition coefficient (Wildman–Crippen LogP) is 12.9. The molecule has 0 amide bonds. The number of aliphatic hydroxyl groups is 5. The van der Waals surface area contributed by atoms with Gasteiger partial charge in [-0.05, 0) is 57.8 Å². The van der Waals surface area contributed by atoms with Gasteiger partial charge in [-0.2, -0.15) is 0 Å². The molecule has 1 aliphatic rings. The van der Waals surface area contributed by atoms with E-state index in [1.165, 1.54) is 103 Å². The Morgan fingerprint density at radius 2 is 0.855 bits per heavy atom. The number of carbonyl (C=O) groups is 1. The first kappa shape index (κ1) is 65.1. The molecule has 6 N–H and O–H groups in total. The van der Waals surface area contributed by atoms with E-state index in [4.69, 9.17) is 18.5 Å². The zero-order valence-corrected chi connectivity index (χ0v) is 44.2. The van der Waals surface area contributed by atoms with Crippen molar-refractivity contribution in [3.05, 3.63) is 60.8 Å². The molecule has 0 saturated heterocycles. The largest absolute Gasteiger partial charge is 0.472 e. The monoisotopic (exact) mass is 997 g/mol. The van der Waals surface area contributed by atoms with Gasteiger partial charge in [0.15, 0.2) is 0 Å². The number of rotatable bonds is 47. The van der Waals surface area contributed by atoms with Crippen LogP contribution >= 0.6 is 7.82 Å². The second-order valence-electron chi connectivity index (χ2n) is 19.1. The predicted molar refractivity (Wildman–Crippen MR) is 281 cm³/mol. The van der Waals surface area contributed by atoms with E-state index in [0.717, 1.165) is 96.3 Å². The molecule has 0 heterocycles. The molecule has 0 aromatic heterocycles. The van der Waals surface area contributed by atoms with Crippen molar-refractivity contribution in [1.29, 1.82) is 0 Å². The molecule has 1 aliphatic carbocycles. The van der Waals surface area contributed by atoms with E-state index < -0.39 is 63.1 Å². The number of phosphoric acid groups is 1. The Bertz CT molecular complexity index is 1370. The lowest BCUT2D eigenvalue weighted by atomic mass is 9.85. The standard InChI is InChI=1S/C56H101O12P/c1-3-5-7-9-11-13-15-17-19-21-23-25-26-28-30-32-34-36-38-40-42-44-46-65-47-49(48-66-69(63,64)68-56-54(61)52(59)51(58)53(60)55(56)62)67-50(57)45-43-41-39-37-35-33-31-29-27-24-22-20-18-16-14-12-10-8-6-4-2/h5,7,11,13,17,19,23,25,28,30,49,51-56,58-62H,3-4,6,8-10,12,14-16,18,20-22,24,26-27,29,31-48H2,1-2H3,(H,63,64)/b7-5-,13-11-,19-17-,25-23-,30-28-. The van der Waals surface area contributed by atoms with E-state index in [1.54, 1.807) is 0 Å². The van der Waals surface area contributed by atoms with Crippen molar-refractivity contribution in [2.45, 2.75) is 268 Å². The van der Waals surface area contributed by atoms with Gasteiger partial charge in [-0.3, -0.25) is 13.8 Å². The average molecular weight is 997 g/mol. The smallest absolute Gasteiger partial charge is 0.457 e. The highest BCUT2D eigenvalue weighted by molar-refractivity contribution is 7.47. The Hall–Kier alpha value is -1.96. The third kappa shape index (κ3) is 37.5. The second-order valence-corrected chi connectivity index (χ2v) is 20.5. The van der Waals surface area contributed by atoms with E-state index in [1.807, 2.05) is 0 Å². The van der Waals surface area contributed by atoms with Crippen LogP contribution in [0.15, 0.2) is 60.8 Å². The van der Waals surface area contributed by atoms with E-state index in [9.17, 15) is 39.8 Å². The number of carbonyl (C=O) groups excluding carboxylic acids is 1. The summed E-state index contributed by atoms with van der Waals surface area (Å²) in [5, 5.41) is 50.4. The molecule has 6 unspecified atom stereocenters. The van der Waals surface area contributed by atoms with Crippen molar-refractivity contribution in [3.63, 3.8) is 0 Å². The van der Waals surface area contributed by atoms with Crippen molar-refractivity contribution in [2.24, 2.45) is 0 Å². The normalized spacial score (nSPS) is 21.4. The third-order valence-electron chi connectivity index (χ3n) is 12.7.